The molecule has 1 heterocycles. The van der Waals surface area contributed by atoms with Crippen LogP contribution in [-0.4, -0.2) is 80.0 Å². The molecule has 1 aliphatic heterocycles. The molecular formula is C31H55NO13-4. The number of hydroxylamine groups is 2. The third-order valence-corrected chi connectivity index (χ3v) is 7.90. The molecule has 0 unspecified atom stereocenters. The van der Waals surface area contributed by atoms with Gasteiger partial charge in [0.2, 0.25) is 0 Å². The highest BCUT2D eigenvalue weighted by Gasteiger charge is 2.46. The predicted molar refractivity (Wildman–Crippen MR) is 154 cm³/mol. The fourth-order valence-electron chi connectivity index (χ4n) is 6.58. The summed E-state index contributed by atoms with van der Waals surface area (Å²) in [6, 6.07) is 0. The van der Waals surface area contributed by atoms with Crippen molar-refractivity contribution in [3.63, 3.8) is 0 Å². The zero-order valence-corrected chi connectivity index (χ0v) is 28.1. The average molecular weight is 650 g/mol. The minimum atomic E-state index is -1.12. The number of nitrogens with zero attached hydrogens (tertiary/aromatic N) is 1. The van der Waals surface area contributed by atoms with Crippen molar-refractivity contribution in [3.05, 3.63) is 0 Å². The van der Waals surface area contributed by atoms with Crippen LogP contribution in [0.1, 0.15) is 120 Å². The highest BCUT2D eigenvalue weighted by atomic mass is 17.1. The SMILES string of the molecule is CC1(C)CC(CC(=O)[O-])CC(C)(C)C1O.CC1(C)CC(CC(=O)[O-])CC(C)(C)N1O.O=C([O-])CCCO.O=C([O-])CCCOO. The molecule has 0 spiro atoms. The maximum absolute atomic E-state index is 10.6. The quantitative estimate of drug-likeness (QED) is 0.122. The molecule has 0 bridgehead atoms. The summed E-state index contributed by atoms with van der Waals surface area (Å²) in [5.41, 5.74) is -1.16. The lowest BCUT2D eigenvalue weighted by molar-refractivity contribution is -0.310. The van der Waals surface area contributed by atoms with Crippen LogP contribution in [0.3, 0.4) is 0 Å². The summed E-state index contributed by atoms with van der Waals surface area (Å²) in [4.78, 5) is 43.9. The maximum atomic E-state index is 10.6. The van der Waals surface area contributed by atoms with E-state index in [0.717, 1.165) is 12.8 Å². The van der Waals surface area contributed by atoms with Crippen LogP contribution < -0.4 is 20.4 Å². The van der Waals surface area contributed by atoms with Crippen LogP contribution in [0.2, 0.25) is 0 Å². The van der Waals surface area contributed by atoms with Crippen LogP contribution in [0.4, 0.5) is 0 Å². The first kappa shape index (κ1) is 44.8. The lowest BCUT2D eigenvalue weighted by Gasteiger charge is -2.51. The van der Waals surface area contributed by atoms with Crippen molar-refractivity contribution in [3.8, 4) is 0 Å². The fourth-order valence-corrected chi connectivity index (χ4v) is 6.58. The molecule has 0 aromatic rings. The van der Waals surface area contributed by atoms with Crippen LogP contribution in [0.5, 0.6) is 0 Å². The zero-order chi connectivity index (χ0) is 35.8. The van der Waals surface area contributed by atoms with Crippen molar-refractivity contribution in [2.24, 2.45) is 22.7 Å². The number of carboxylic acids is 4. The second-order valence-corrected chi connectivity index (χ2v) is 14.5. The lowest BCUT2D eigenvalue weighted by Crippen LogP contribution is -2.59. The van der Waals surface area contributed by atoms with E-state index < -0.39 is 23.9 Å². The van der Waals surface area contributed by atoms with Crippen LogP contribution in [0.15, 0.2) is 0 Å². The summed E-state index contributed by atoms with van der Waals surface area (Å²) in [5.74, 6) is -4.00. The molecule has 1 aliphatic carbocycles. The molecule has 2 aliphatic rings. The summed E-state index contributed by atoms with van der Waals surface area (Å²) in [6.45, 7) is 15.7. The Bertz CT molecular complexity index is 827. The van der Waals surface area contributed by atoms with Crippen LogP contribution in [-0.2, 0) is 24.1 Å². The molecule has 0 aromatic carbocycles. The Balaban J connectivity index is 0. The molecule has 1 saturated carbocycles. The number of piperidine rings is 1. The van der Waals surface area contributed by atoms with E-state index in [1.165, 1.54) is 5.06 Å². The molecule has 0 aromatic heterocycles. The molecule has 0 atom stereocenters. The van der Waals surface area contributed by atoms with E-state index in [-0.39, 0.29) is 78.7 Å². The number of aliphatic carboxylic acids is 4. The van der Waals surface area contributed by atoms with Gasteiger partial charge in [-0.05, 0) is 115 Å². The molecule has 2 fully saturated rings. The summed E-state index contributed by atoms with van der Waals surface area (Å²) in [7, 11) is 0. The second-order valence-electron chi connectivity index (χ2n) is 14.5. The van der Waals surface area contributed by atoms with Crippen molar-refractivity contribution >= 4 is 23.9 Å². The zero-order valence-electron chi connectivity index (χ0n) is 28.1. The standard InChI is InChI=1S/C12H22O3.C11H21NO3.C4H8O4.C4H8O3/c1-11(2)6-8(5-9(13)14)7-12(3,4)10(11)15;1-10(2)6-8(5-9(13)14)7-11(3,4)12(10)15;5-4(6)2-1-3-8-7;5-3-1-2-4(6)7/h8,10,15H,5-7H2,1-4H3,(H,13,14);8,15H,5-7H2,1-4H3,(H,13,14);7H,1-3H2,(H,5,6);5H,1-3H2,(H,6,7)/p-4. The average Bonchev–Trinajstić information content (AvgIpc) is 2.84. The molecule has 4 N–H and O–H groups in total. The van der Waals surface area contributed by atoms with Gasteiger partial charge in [-0.25, -0.2) is 4.89 Å². The number of rotatable bonds is 11. The van der Waals surface area contributed by atoms with Crippen LogP contribution >= 0.6 is 0 Å². The first-order valence-corrected chi connectivity index (χ1v) is 15.2. The minimum Gasteiger partial charge on any atom is -0.550 e. The molecule has 266 valence electrons. The van der Waals surface area contributed by atoms with E-state index >= 15 is 0 Å². The fraction of sp³-hybridized carbons (Fsp3) is 0.871. The van der Waals surface area contributed by atoms with Gasteiger partial charge in [-0.1, -0.05) is 27.7 Å². The van der Waals surface area contributed by atoms with Gasteiger partial charge in [-0.2, -0.15) is 5.06 Å². The molecule has 0 radical (unpaired) electrons. The van der Waals surface area contributed by atoms with Crippen LogP contribution in [0, 0.1) is 22.7 Å². The van der Waals surface area contributed by atoms with E-state index in [4.69, 9.17) is 10.4 Å². The first-order chi connectivity index (χ1) is 20.3. The van der Waals surface area contributed by atoms with Gasteiger partial charge in [0.1, 0.15) is 0 Å². The highest BCUT2D eigenvalue weighted by Crippen LogP contribution is 2.49. The Morgan fingerprint density at radius 2 is 1.04 bits per heavy atom. The number of carboxylic acid groups (broad SMARTS) is 4. The van der Waals surface area contributed by atoms with Crippen molar-refractivity contribution in [2.45, 2.75) is 137 Å². The van der Waals surface area contributed by atoms with Gasteiger partial charge in [0.25, 0.3) is 0 Å². The Hall–Kier alpha value is -2.36. The molecule has 0 amide bonds. The van der Waals surface area contributed by atoms with Gasteiger partial charge in [0.15, 0.2) is 0 Å². The molecule has 2 rings (SSSR count). The smallest absolute Gasteiger partial charge is 0.0823 e. The Morgan fingerprint density at radius 3 is 1.33 bits per heavy atom. The monoisotopic (exact) mass is 649 g/mol. The maximum Gasteiger partial charge on any atom is 0.0823 e. The van der Waals surface area contributed by atoms with Crippen molar-refractivity contribution in [1.82, 2.24) is 5.06 Å². The largest absolute Gasteiger partial charge is 0.550 e. The van der Waals surface area contributed by atoms with Crippen molar-refractivity contribution < 1.29 is 65.2 Å². The number of aliphatic hydroxyl groups is 2. The summed E-state index contributed by atoms with van der Waals surface area (Å²) >= 11 is 0. The van der Waals surface area contributed by atoms with Gasteiger partial charge in [-0.15, -0.1) is 0 Å². The van der Waals surface area contributed by atoms with Gasteiger partial charge < -0.3 is 55.0 Å². The summed E-state index contributed by atoms with van der Waals surface area (Å²) in [5, 5.41) is 77.5. The van der Waals surface area contributed by atoms with Gasteiger partial charge in [-0.3, -0.25) is 5.26 Å². The number of carbonyl (C=O) groups is 4. The van der Waals surface area contributed by atoms with E-state index in [1.807, 2.05) is 55.4 Å². The van der Waals surface area contributed by atoms with E-state index in [9.17, 15) is 49.9 Å². The van der Waals surface area contributed by atoms with E-state index in [0.29, 0.717) is 25.7 Å². The van der Waals surface area contributed by atoms with Gasteiger partial charge in [0, 0.05) is 41.6 Å². The topological polar surface area (TPSA) is 254 Å². The molecule has 45 heavy (non-hydrogen) atoms. The van der Waals surface area contributed by atoms with E-state index in [1.54, 1.807) is 0 Å². The normalized spacial score (nSPS) is 23.0. The molecule has 14 nitrogen and oxygen atoms in total. The predicted octanol–water partition coefficient (Wildman–Crippen LogP) is -0.751. The Labute approximate surface area is 266 Å². The summed E-state index contributed by atoms with van der Waals surface area (Å²) in [6.07, 6.45) is 3.17. The van der Waals surface area contributed by atoms with Gasteiger partial charge >= 0.3 is 0 Å². The molecule has 14 heteroatoms. The molecule has 1 saturated heterocycles. The lowest BCUT2D eigenvalue weighted by atomic mass is 9.59. The number of hydrogen-bond donors (Lipinski definition) is 4. The van der Waals surface area contributed by atoms with Gasteiger partial charge in [0.05, 0.1) is 12.7 Å². The van der Waals surface area contributed by atoms with Crippen molar-refractivity contribution in [1.29, 1.82) is 0 Å². The Morgan fingerprint density at radius 1 is 0.689 bits per heavy atom. The van der Waals surface area contributed by atoms with Crippen LogP contribution in [0.25, 0.3) is 0 Å². The first-order valence-electron chi connectivity index (χ1n) is 15.2. The third-order valence-electron chi connectivity index (χ3n) is 7.90. The molecular weight excluding hydrogens is 594 g/mol. The van der Waals surface area contributed by atoms with E-state index in [2.05, 4.69) is 4.89 Å². The summed E-state index contributed by atoms with van der Waals surface area (Å²) < 4.78 is 0. The highest BCUT2D eigenvalue weighted by molar-refractivity contribution is 5.65. The van der Waals surface area contributed by atoms with Crippen molar-refractivity contribution in [2.75, 3.05) is 13.2 Å². The third kappa shape index (κ3) is 19.0. The second kappa shape index (κ2) is 20.0. The number of aliphatic hydroxyl groups excluding tert-OH is 2. The minimum absolute atomic E-state index is 0.0451. The Kier molecular flexibility index (Phi) is 19.9. The number of hydrogen-bond acceptors (Lipinski definition) is 14. The number of carbonyl (C=O) groups excluding carboxylic acids is 4.